The van der Waals surface area contributed by atoms with E-state index in [2.05, 4.69) is 10.0 Å². The number of nitrogens with one attached hydrogen (secondary N) is 2. The van der Waals surface area contributed by atoms with E-state index in [4.69, 9.17) is 34.8 Å². The number of amides is 1. The number of hydrogen-bond donors (Lipinski definition) is 2. The van der Waals surface area contributed by atoms with E-state index >= 15 is 0 Å². The van der Waals surface area contributed by atoms with Gasteiger partial charge in [-0.25, -0.2) is 8.42 Å². The van der Waals surface area contributed by atoms with Crippen LogP contribution in [0, 0.1) is 0 Å². The number of halogens is 3. The van der Waals surface area contributed by atoms with Crippen molar-refractivity contribution < 1.29 is 13.2 Å². The van der Waals surface area contributed by atoms with E-state index in [-0.39, 0.29) is 21.4 Å². The summed E-state index contributed by atoms with van der Waals surface area (Å²) < 4.78 is 28.4. The number of benzene rings is 3. The highest BCUT2D eigenvalue weighted by atomic mass is 35.5. The average Bonchev–Trinajstić information content (AvgIpc) is 2.71. The quantitative estimate of drug-likeness (QED) is 0.486. The van der Waals surface area contributed by atoms with E-state index < -0.39 is 22.0 Å². The van der Waals surface area contributed by atoms with Crippen LogP contribution in [0.5, 0.6) is 0 Å². The lowest BCUT2D eigenvalue weighted by atomic mass is 10.1. The predicted molar refractivity (Wildman–Crippen MR) is 121 cm³/mol. The largest absolute Gasteiger partial charge is 0.323 e. The van der Waals surface area contributed by atoms with Gasteiger partial charge in [-0.1, -0.05) is 77.3 Å². The number of rotatable bonds is 7. The first-order chi connectivity index (χ1) is 14.3. The second-order valence-corrected chi connectivity index (χ2v) is 9.34. The monoisotopic (exact) mass is 482 g/mol. The molecule has 5 nitrogen and oxygen atoms in total. The van der Waals surface area contributed by atoms with Crippen molar-refractivity contribution >= 4 is 56.4 Å². The third-order valence-corrected chi connectivity index (χ3v) is 6.73. The zero-order valence-corrected chi connectivity index (χ0v) is 18.6. The van der Waals surface area contributed by atoms with Crippen molar-refractivity contribution in [3.05, 3.63) is 93.4 Å². The van der Waals surface area contributed by atoms with Gasteiger partial charge in [-0.2, -0.15) is 4.72 Å². The molecule has 0 aliphatic rings. The van der Waals surface area contributed by atoms with E-state index in [1.807, 2.05) is 6.07 Å². The van der Waals surface area contributed by atoms with E-state index in [1.165, 1.54) is 18.2 Å². The zero-order valence-electron chi connectivity index (χ0n) is 15.5. The van der Waals surface area contributed by atoms with Crippen LogP contribution in [0.4, 0.5) is 5.69 Å². The van der Waals surface area contributed by atoms with Crippen molar-refractivity contribution in [1.82, 2.24) is 4.72 Å². The molecule has 0 saturated heterocycles. The van der Waals surface area contributed by atoms with Crippen molar-refractivity contribution in [3.63, 3.8) is 0 Å². The summed E-state index contributed by atoms with van der Waals surface area (Å²) in [6.07, 6.45) is 0.120. The topological polar surface area (TPSA) is 75.3 Å². The maximum absolute atomic E-state index is 13.0. The Balaban J connectivity index is 1.91. The Labute approximate surface area is 190 Å². The van der Waals surface area contributed by atoms with Gasteiger partial charge in [-0.05, 0) is 42.3 Å². The summed E-state index contributed by atoms with van der Waals surface area (Å²) in [7, 11) is -4.14. The fourth-order valence-corrected chi connectivity index (χ4v) is 4.89. The molecule has 0 aliphatic carbocycles. The number of anilines is 1. The van der Waals surface area contributed by atoms with Crippen molar-refractivity contribution in [3.8, 4) is 0 Å². The van der Waals surface area contributed by atoms with Gasteiger partial charge in [0.15, 0.2) is 0 Å². The summed E-state index contributed by atoms with van der Waals surface area (Å²) in [4.78, 5) is 12.8. The van der Waals surface area contributed by atoms with E-state index in [1.54, 1.807) is 48.5 Å². The third kappa shape index (κ3) is 5.74. The van der Waals surface area contributed by atoms with Gasteiger partial charge in [0.2, 0.25) is 15.9 Å². The minimum Gasteiger partial charge on any atom is -0.323 e. The molecule has 9 heteroatoms. The van der Waals surface area contributed by atoms with Crippen molar-refractivity contribution in [2.24, 2.45) is 0 Å². The smallest absolute Gasteiger partial charge is 0.242 e. The maximum atomic E-state index is 13.0. The fourth-order valence-electron chi connectivity index (χ4n) is 2.75. The molecule has 0 unspecified atom stereocenters. The highest BCUT2D eigenvalue weighted by Gasteiger charge is 2.28. The second-order valence-electron chi connectivity index (χ2n) is 6.41. The van der Waals surface area contributed by atoms with Crippen LogP contribution in [-0.2, 0) is 21.2 Å². The molecule has 30 heavy (non-hydrogen) atoms. The van der Waals surface area contributed by atoms with Crippen LogP contribution in [0.2, 0.25) is 15.1 Å². The highest BCUT2D eigenvalue weighted by molar-refractivity contribution is 7.89. The summed E-state index contributed by atoms with van der Waals surface area (Å²) in [5, 5.41) is 3.22. The van der Waals surface area contributed by atoms with Gasteiger partial charge in [0.1, 0.15) is 10.9 Å². The van der Waals surface area contributed by atoms with Gasteiger partial charge < -0.3 is 5.32 Å². The Bertz CT molecular complexity index is 1160. The molecule has 156 valence electrons. The van der Waals surface area contributed by atoms with Crippen molar-refractivity contribution in [1.29, 1.82) is 0 Å². The lowest BCUT2D eigenvalue weighted by Crippen LogP contribution is -2.45. The maximum Gasteiger partial charge on any atom is 0.242 e. The summed E-state index contributed by atoms with van der Waals surface area (Å²) in [6, 6.07) is 18.7. The lowest BCUT2D eigenvalue weighted by molar-refractivity contribution is -0.117. The molecule has 0 bridgehead atoms. The number of sulfonamides is 1. The van der Waals surface area contributed by atoms with Crippen molar-refractivity contribution in [2.75, 3.05) is 5.32 Å². The summed E-state index contributed by atoms with van der Waals surface area (Å²) in [6.45, 7) is 0. The fraction of sp³-hybridized carbons (Fsp3) is 0.0952. The summed E-state index contributed by atoms with van der Waals surface area (Å²) in [5.41, 5.74) is 1.15. The third-order valence-electron chi connectivity index (χ3n) is 4.21. The molecule has 0 saturated carbocycles. The van der Waals surface area contributed by atoms with Crippen LogP contribution >= 0.6 is 34.8 Å². The molecule has 1 amide bonds. The van der Waals surface area contributed by atoms with Crippen LogP contribution in [0.1, 0.15) is 5.56 Å². The van der Waals surface area contributed by atoms with Crippen LogP contribution in [0.15, 0.2) is 77.7 Å². The molecule has 3 rings (SSSR count). The predicted octanol–water partition coefficient (Wildman–Crippen LogP) is 5.18. The molecule has 3 aromatic rings. The van der Waals surface area contributed by atoms with Gasteiger partial charge in [0, 0.05) is 5.02 Å². The Morgan fingerprint density at radius 3 is 2.23 bits per heavy atom. The van der Waals surface area contributed by atoms with E-state index in [9.17, 15) is 13.2 Å². The van der Waals surface area contributed by atoms with Crippen LogP contribution in [0.25, 0.3) is 0 Å². The molecular formula is C21H17Cl3N2O3S. The number of carbonyl (C=O) groups excluding carboxylic acids is 1. The number of para-hydroxylation sites is 1. The lowest BCUT2D eigenvalue weighted by Gasteiger charge is -2.19. The molecule has 0 fully saturated rings. The zero-order chi connectivity index (χ0) is 21.7. The minimum absolute atomic E-state index is 0.00290. The van der Waals surface area contributed by atoms with Gasteiger partial charge >= 0.3 is 0 Å². The molecule has 0 spiro atoms. The summed E-state index contributed by atoms with van der Waals surface area (Å²) in [5.74, 6) is -0.561. The molecule has 2 N–H and O–H groups in total. The first-order valence-corrected chi connectivity index (χ1v) is 11.4. The average molecular weight is 484 g/mol. The van der Waals surface area contributed by atoms with E-state index in [0.29, 0.717) is 10.7 Å². The van der Waals surface area contributed by atoms with Gasteiger partial charge in [0.25, 0.3) is 0 Å². The minimum atomic E-state index is -4.14. The molecule has 0 aromatic heterocycles. The Hall–Kier alpha value is -2.09. The number of hydrogen-bond acceptors (Lipinski definition) is 3. The highest BCUT2D eigenvalue weighted by Crippen LogP contribution is 2.26. The van der Waals surface area contributed by atoms with Gasteiger partial charge in [0.05, 0.1) is 15.7 Å². The molecule has 1 atom stereocenters. The molecule has 3 aromatic carbocycles. The molecule has 0 radical (unpaired) electrons. The Kier molecular flexibility index (Phi) is 7.39. The van der Waals surface area contributed by atoms with Crippen LogP contribution in [-0.4, -0.2) is 20.4 Å². The summed E-state index contributed by atoms with van der Waals surface area (Å²) >= 11 is 18.1. The SMILES string of the molecule is O=C(Nc1ccccc1Cl)[C@@H](Cc1ccccc1)NS(=O)(=O)c1cc(Cl)ccc1Cl. The standard InChI is InChI=1S/C21H17Cl3N2O3S/c22-15-10-11-17(24)20(13-15)30(28,29)26-19(12-14-6-2-1-3-7-14)21(27)25-18-9-5-4-8-16(18)23/h1-11,13,19,26H,12H2,(H,25,27)/t19-/m1/s1. The first-order valence-electron chi connectivity index (χ1n) is 8.83. The van der Waals surface area contributed by atoms with Crippen LogP contribution < -0.4 is 10.0 Å². The Morgan fingerprint density at radius 1 is 0.867 bits per heavy atom. The normalized spacial score (nSPS) is 12.4. The second kappa shape index (κ2) is 9.81. The number of carbonyl (C=O) groups is 1. The Morgan fingerprint density at radius 2 is 1.53 bits per heavy atom. The van der Waals surface area contributed by atoms with Crippen molar-refractivity contribution in [2.45, 2.75) is 17.4 Å². The van der Waals surface area contributed by atoms with Gasteiger partial charge in [-0.3, -0.25) is 4.79 Å². The first kappa shape index (κ1) is 22.6. The van der Waals surface area contributed by atoms with E-state index in [0.717, 1.165) is 5.56 Å². The molecule has 0 aliphatic heterocycles. The van der Waals surface area contributed by atoms with Crippen LogP contribution in [0.3, 0.4) is 0 Å². The molecule has 0 heterocycles. The van der Waals surface area contributed by atoms with Gasteiger partial charge in [-0.15, -0.1) is 0 Å². The molecular weight excluding hydrogens is 467 g/mol.